The molecular formula is C27H29N5OS. The Bertz CT molecular complexity index is 1190. The van der Waals surface area contributed by atoms with Crippen LogP contribution >= 0.6 is 12.2 Å². The summed E-state index contributed by atoms with van der Waals surface area (Å²) in [5, 5.41) is 6.64. The maximum atomic E-state index is 13.3. The van der Waals surface area contributed by atoms with E-state index in [4.69, 9.17) is 17.2 Å². The lowest BCUT2D eigenvalue weighted by atomic mass is 10.0. The lowest BCUT2D eigenvalue weighted by Gasteiger charge is -2.22. The maximum Gasteiger partial charge on any atom is 0.272 e. The predicted molar refractivity (Wildman–Crippen MR) is 145 cm³/mol. The van der Waals surface area contributed by atoms with E-state index in [-0.39, 0.29) is 5.91 Å². The average Bonchev–Trinajstić information content (AvgIpc) is 2.97. The van der Waals surface area contributed by atoms with Crippen LogP contribution in [0.15, 0.2) is 83.9 Å². The van der Waals surface area contributed by atoms with Crippen molar-refractivity contribution >= 4 is 46.0 Å². The molecular weight excluding hydrogens is 442 g/mol. The number of carbonyl (C=O) groups excluding carboxylic acids is 1. The molecule has 34 heavy (non-hydrogen) atoms. The lowest BCUT2D eigenvalue weighted by Crippen LogP contribution is -2.47. The molecule has 7 heteroatoms. The van der Waals surface area contributed by atoms with Gasteiger partial charge in [-0.15, -0.1) is 0 Å². The van der Waals surface area contributed by atoms with Gasteiger partial charge >= 0.3 is 0 Å². The van der Waals surface area contributed by atoms with Gasteiger partial charge in [-0.3, -0.25) is 4.79 Å². The number of hydrogen-bond acceptors (Lipinski definition) is 4. The Morgan fingerprint density at radius 3 is 2.29 bits per heavy atom. The summed E-state index contributed by atoms with van der Waals surface area (Å²) in [7, 11) is 1.77. The molecule has 6 nitrogen and oxygen atoms in total. The number of fused-ring (bicyclic) bond motifs is 1. The Labute approximate surface area is 206 Å². The SMILES string of the molecule is CCN(CC)c1ccc(NC(=S)NC2N=C(c3ccccc3)c3ccccc3N(C)C2=O)cc1. The summed E-state index contributed by atoms with van der Waals surface area (Å²) in [5.41, 5.74) is 5.40. The number of thiocarbonyl (C=S) groups is 1. The van der Waals surface area contributed by atoms with Crippen molar-refractivity contribution in [1.82, 2.24) is 5.32 Å². The van der Waals surface area contributed by atoms with Gasteiger partial charge in [-0.2, -0.15) is 0 Å². The van der Waals surface area contributed by atoms with E-state index in [0.717, 1.165) is 47.0 Å². The van der Waals surface area contributed by atoms with Crippen molar-refractivity contribution in [2.24, 2.45) is 4.99 Å². The van der Waals surface area contributed by atoms with Crippen molar-refractivity contribution in [2.45, 2.75) is 20.0 Å². The van der Waals surface area contributed by atoms with Crippen LogP contribution in [0.5, 0.6) is 0 Å². The number of hydrogen-bond donors (Lipinski definition) is 2. The van der Waals surface area contributed by atoms with Gasteiger partial charge in [0.15, 0.2) is 5.11 Å². The van der Waals surface area contributed by atoms with Gasteiger partial charge in [0.2, 0.25) is 6.17 Å². The summed E-state index contributed by atoms with van der Waals surface area (Å²) in [4.78, 5) is 22.1. The highest BCUT2D eigenvalue weighted by Crippen LogP contribution is 2.27. The first-order chi connectivity index (χ1) is 16.5. The van der Waals surface area contributed by atoms with Crippen LogP contribution < -0.4 is 20.4 Å². The number of benzene rings is 3. The summed E-state index contributed by atoms with van der Waals surface area (Å²) in [6, 6.07) is 25.8. The lowest BCUT2D eigenvalue weighted by molar-refractivity contribution is -0.119. The van der Waals surface area contributed by atoms with E-state index < -0.39 is 6.17 Å². The highest BCUT2D eigenvalue weighted by atomic mass is 32.1. The molecule has 0 bridgehead atoms. The van der Waals surface area contributed by atoms with Crippen LogP contribution in [0.1, 0.15) is 25.0 Å². The molecule has 1 heterocycles. The molecule has 0 spiro atoms. The third kappa shape index (κ3) is 4.94. The van der Waals surface area contributed by atoms with Crippen LogP contribution in [0, 0.1) is 0 Å². The third-order valence-corrected chi connectivity index (χ3v) is 6.13. The second-order valence-electron chi connectivity index (χ2n) is 7.98. The number of nitrogens with one attached hydrogen (secondary N) is 2. The predicted octanol–water partition coefficient (Wildman–Crippen LogP) is 4.66. The van der Waals surface area contributed by atoms with Gasteiger partial charge in [-0.05, 0) is 56.4 Å². The van der Waals surface area contributed by atoms with E-state index in [1.165, 1.54) is 0 Å². The molecule has 4 rings (SSSR count). The summed E-state index contributed by atoms with van der Waals surface area (Å²) < 4.78 is 0. The zero-order valence-electron chi connectivity index (χ0n) is 19.7. The van der Waals surface area contributed by atoms with Crippen LogP contribution in [0.4, 0.5) is 17.1 Å². The van der Waals surface area contributed by atoms with E-state index in [1.54, 1.807) is 11.9 Å². The van der Waals surface area contributed by atoms with Crippen LogP contribution in [0.3, 0.4) is 0 Å². The molecule has 1 atom stereocenters. The fraction of sp³-hybridized carbons (Fsp3) is 0.222. The standard InChI is InChI=1S/C27H29N5OS/c1-4-32(5-2)21-17-15-20(16-18-21)28-27(34)30-25-26(33)31(3)23-14-10-9-13-22(23)24(29-25)19-11-7-6-8-12-19/h6-18,25H,4-5H2,1-3H3,(H2,28,30,34). The van der Waals surface area contributed by atoms with Crippen LogP contribution in [-0.4, -0.2) is 43.0 Å². The smallest absolute Gasteiger partial charge is 0.272 e. The highest BCUT2D eigenvalue weighted by Gasteiger charge is 2.30. The summed E-state index contributed by atoms with van der Waals surface area (Å²) in [6.45, 7) is 6.17. The number of nitrogens with zero attached hydrogens (tertiary/aromatic N) is 3. The monoisotopic (exact) mass is 471 g/mol. The number of carbonyl (C=O) groups is 1. The minimum absolute atomic E-state index is 0.181. The van der Waals surface area contributed by atoms with Crippen molar-refractivity contribution in [2.75, 3.05) is 35.3 Å². The molecule has 1 aliphatic heterocycles. The summed E-state index contributed by atoms with van der Waals surface area (Å²) in [6.07, 6.45) is -0.859. The molecule has 0 aromatic heterocycles. The molecule has 0 saturated carbocycles. The molecule has 3 aromatic carbocycles. The van der Waals surface area contributed by atoms with Gasteiger partial charge in [-0.1, -0.05) is 48.5 Å². The van der Waals surface area contributed by atoms with Crippen molar-refractivity contribution < 1.29 is 4.79 Å². The van der Waals surface area contributed by atoms with E-state index in [2.05, 4.69) is 41.5 Å². The van der Waals surface area contributed by atoms with Gasteiger partial charge in [0, 0.05) is 42.6 Å². The zero-order valence-corrected chi connectivity index (χ0v) is 20.5. The number of amides is 1. The second-order valence-corrected chi connectivity index (χ2v) is 8.39. The van der Waals surface area contributed by atoms with Crippen molar-refractivity contribution in [1.29, 1.82) is 0 Å². The Balaban J connectivity index is 1.58. The number of aliphatic imine (C=N–C) groups is 1. The van der Waals surface area contributed by atoms with Crippen molar-refractivity contribution in [3.8, 4) is 0 Å². The normalized spacial score (nSPS) is 15.1. The third-order valence-electron chi connectivity index (χ3n) is 5.91. The van der Waals surface area contributed by atoms with Crippen molar-refractivity contribution in [3.05, 3.63) is 90.0 Å². The van der Waals surface area contributed by atoms with Gasteiger partial charge in [0.1, 0.15) is 0 Å². The first kappa shape index (κ1) is 23.4. The van der Waals surface area contributed by atoms with E-state index in [1.807, 2.05) is 66.7 Å². The average molecular weight is 472 g/mol. The Morgan fingerprint density at radius 2 is 1.62 bits per heavy atom. The minimum Gasteiger partial charge on any atom is -0.372 e. The molecule has 1 amide bonds. The molecule has 0 aliphatic carbocycles. The largest absolute Gasteiger partial charge is 0.372 e. The maximum absolute atomic E-state index is 13.3. The fourth-order valence-corrected chi connectivity index (χ4v) is 4.31. The van der Waals surface area contributed by atoms with Crippen LogP contribution in [0.25, 0.3) is 0 Å². The topological polar surface area (TPSA) is 60.0 Å². The molecule has 0 fully saturated rings. The summed E-state index contributed by atoms with van der Waals surface area (Å²) >= 11 is 5.55. The number of likely N-dealkylation sites (N-methyl/N-ethyl adjacent to an activating group) is 1. The molecule has 2 N–H and O–H groups in total. The molecule has 0 radical (unpaired) electrons. The summed E-state index contributed by atoms with van der Waals surface area (Å²) in [5.74, 6) is -0.181. The van der Waals surface area contributed by atoms with Gasteiger partial charge in [0.25, 0.3) is 5.91 Å². The molecule has 1 aliphatic rings. The van der Waals surface area contributed by atoms with E-state index in [9.17, 15) is 4.79 Å². The Morgan fingerprint density at radius 1 is 0.971 bits per heavy atom. The van der Waals surface area contributed by atoms with Gasteiger partial charge in [-0.25, -0.2) is 4.99 Å². The number of rotatable bonds is 6. The highest BCUT2D eigenvalue weighted by molar-refractivity contribution is 7.80. The first-order valence-corrected chi connectivity index (χ1v) is 11.8. The number of benzodiazepines with no additional fused rings is 1. The van der Waals surface area contributed by atoms with Crippen molar-refractivity contribution in [3.63, 3.8) is 0 Å². The zero-order chi connectivity index (χ0) is 24.1. The fourth-order valence-electron chi connectivity index (χ4n) is 4.08. The van der Waals surface area contributed by atoms with Gasteiger partial charge < -0.3 is 20.4 Å². The van der Waals surface area contributed by atoms with Crippen LogP contribution in [-0.2, 0) is 4.79 Å². The quantitative estimate of drug-likeness (QED) is 0.512. The Hall–Kier alpha value is -3.71. The van der Waals surface area contributed by atoms with Gasteiger partial charge in [0.05, 0.1) is 11.4 Å². The second kappa shape index (κ2) is 10.5. The minimum atomic E-state index is -0.859. The molecule has 0 saturated heterocycles. The molecule has 174 valence electrons. The van der Waals surface area contributed by atoms with E-state index >= 15 is 0 Å². The first-order valence-electron chi connectivity index (χ1n) is 11.4. The van der Waals surface area contributed by atoms with E-state index in [0.29, 0.717) is 5.11 Å². The molecule has 3 aromatic rings. The number of para-hydroxylation sites is 1. The molecule has 1 unspecified atom stereocenters. The van der Waals surface area contributed by atoms with Crippen LogP contribution in [0.2, 0.25) is 0 Å². The Kier molecular flexibility index (Phi) is 7.23. The number of anilines is 3.